The number of esters is 1. The molecule has 0 spiro atoms. The molecule has 0 aromatic heterocycles. The quantitative estimate of drug-likeness (QED) is 0.369. The van der Waals surface area contributed by atoms with Crippen LogP contribution in [-0.4, -0.2) is 12.1 Å². The summed E-state index contributed by atoms with van der Waals surface area (Å²) in [6, 6.07) is 0. The summed E-state index contributed by atoms with van der Waals surface area (Å²) in [6.07, 6.45) is 4.23. The van der Waals surface area contributed by atoms with Gasteiger partial charge in [0.1, 0.15) is 6.10 Å². The molecule has 0 bridgehead atoms. The molecule has 14 heavy (non-hydrogen) atoms. The molecule has 2 nitrogen and oxygen atoms in total. The third kappa shape index (κ3) is 4.68. The van der Waals surface area contributed by atoms with Gasteiger partial charge in [-0.3, -0.25) is 4.79 Å². The van der Waals surface area contributed by atoms with Gasteiger partial charge in [0, 0.05) is 12.5 Å². The van der Waals surface area contributed by atoms with Gasteiger partial charge in [0.15, 0.2) is 0 Å². The molecule has 0 amide bonds. The first kappa shape index (κ1) is 12.7. The molecule has 0 radical (unpaired) electrons. The van der Waals surface area contributed by atoms with E-state index in [1.165, 1.54) is 6.92 Å². The zero-order valence-electron chi connectivity index (χ0n) is 9.01. The molecule has 2 heteroatoms. The number of carbonyl (C=O) groups is 1. The second-order valence-corrected chi connectivity index (χ2v) is 3.07. The highest BCUT2D eigenvalue weighted by Crippen LogP contribution is 2.14. The number of rotatable bonds is 6. The number of carbonyl (C=O) groups excluding carboxylic acids is 1. The molecule has 0 saturated carbocycles. The third-order valence-corrected chi connectivity index (χ3v) is 1.88. The first-order chi connectivity index (χ1) is 6.65. The number of unbranched alkanes of at least 4 members (excludes halogenated alkanes) is 1. The van der Waals surface area contributed by atoms with E-state index in [0.29, 0.717) is 0 Å². The molecule has 0 aliphatic heterocycles. The van der Waals surface area contributed by atoms with Gasteiger partial charge in [-0.2, -0.15) is 0 Å². The van der Waals surface area contributed by atoms with Gasteiger partial charge in [0.2, 0.25) is 0 Å². The van der Waals surface area contributed by atoms with Crippen LogP contribution in [-0.2, 0) is 9.53 Å². The van der Waals surface area contributed by atoms with E-state index < -0.39 is 0 Å². The van der Waals surface area contributed by atoms with Crippen LogP contribution in [0, 0.1) is 0 Å². The van der Waals surface area contributed by atoms with Gasteiger partial charge in [-0.25, -0.2) is 0 Å². The molecule has 1 atom stereocenters. The topological polar surface area (TPSA) is 26.3 Å². The van der Waals surface area contributed by atoms with Crippen LogP contribution in [0.3, 0.4) is 0 Å². The minimum absolute atomic E-state index is 0.306. The Kier molecular flexibility index (Phi) is 6.51. The summed E-state index contributed by atoms with van der Waals surface area (Å²) in [5.41, 5.74) is 3.71. The third-order valence-electron chi connectivity index (χ3n) is 1.88. The van der Waals surface area contributed by atoms with Gasteiger partial charge in [0.05, 0.1) is 0 Å². The van der Waals surface area contributed by atoms with Crippen molar-refractivity contribution in [1.29, 1.82) is 0 Å². The maximum Gasteiger partial charge on any atom is 0.303 e. The fourth-order valence-corrected chi connectivity index (χ4v) is 1.14. The summed E-state index contributed by atoms with van der Waals surface area (Å²) in [5, 5.41) is 0. The summed E-state index contributed by atoms with van der Waals surface area (Å²) in [4.78, 5) is 10.8. The van der Waals surface area contributed by atoms with Crippen molar-refractivity contribution in [3.8, 4) is 0 Å². The van der Waals surface area contributed by atoms with Crippen molar-refractivity contribution in [3.05, 3.63) is 30.5 Å². The number of hydrogen-bond acceptors (Lipinski definition) is 2. The summed E-state index contributed by atoms with van der Waals surface area (Å²) in [5.74, 6) is -0.306. The smallest absolute Gasteiger partial charge is 0.303 e. The average Bonchev–Trinajstić information content (AvgIpc) is 2.16. The Labute approximate surface area is 86.0 Å². The maximum absolute atomic E-state index is 10.8. The molecule has 0 rings (SSSR count). The molecular formula is C12H18O2. The molecule has 1 unspecified atom stereocenters. The zero-order chi connectivity index (χ0) is 11.0. The minimum Gasteiger partial charge on any atom is -0.453 e. The average molecular weight is 194 g/mol. The van der Waals surface area contributed by atoms with Crippen molar-refractivity contribution < 1.29 is 9.53 Å². The predicted octanol–water partition coefficient (Wildman–Crippen LogP) is 3.01. The zero-order valence-corrected chi connectivity index (χ0v) is 9.01. The van der Waals surface area contributed by atoms with Gasteiger partial charge in [-0.05, 0) is 18.9 Å². The maximum atomic E-state index is 10.8. The van der Waals surface area contributed by atoms with Crippen LogP contribution in [0.2, 0.25) is 0 Å². The molecule has 0 fully saturated rings. The van der Waals surface area contributed by atoms with E-state index in [0.717, 1.165) is 24.8 Å². The van der Waals surface area contributed by atoms with Crippen molar-refractivity contribution in [2.75, 3.05) is 0 Å². The van der Waals surface area contributed by atoms with Crippen molar-refractivity contribution >= 4 is 5.97 Å². The van der Waals surface area contributed by atoms with Crippen molar-refractivity contribution in [3.63, 3.8) is 0 Å². The second kappa shape index (κ2) is 7.16. The van der Waals surface area contributed by atoms with Gasteiger partial charge in [-0.1, -0.05) is 26.5 Å². The molecular weight excluding hydrogens is 176 g/mol. The lowest BCUT2D eigenvalue weighted by Crippen LogP contribution is -2.15. The van der Waals surface area contributed by atoms with Crippen LogP contribution >= 0.6 is 0 Å². The fraction of sp³-hybridized carbons (Fsp3) is 0.500. The van der Waals surface area contributed by atoms with Crippen LogP contribution < -0.4 is 0 Å². The first-order valence-electron chi connectivity index (χ1n) is 4.84. The summed E-state index contributed by atoms with van der Waals surface area (Å²) in [7, 11) is 0. The van der Waals surface area contributed by atoms with Gasteiger partial charge < -0.3 is 4.74 Å². The normalized spacial score (nSPS) is 11.3. The van der Waals surface area contributed by atoms with E-state index in [4.69, 9.17) is 4.74 Å². The monoisotopic (exact) mass is 194 g/mol. The Hall–Kier alpha value is -1.27. The van der Waals surface area contributed by atoms with Gasteiger partial charge in [0.25, 0.3) is 0 Å². The number of ether oxygens (including phenoxy) is 1. The summed E-state index contributed by atoms with van der Waals surface area (Å²) < 4.78 is 5.05. The van der Waals surface area contributed by atoms with Crippen LogP contribution in [0.25, 0.3) is 0 Å². The van der Waals surface area contributed by atoms with E-state index in [2.05, 4.69) is 25.8 Å². The lowest BCUT2D eigenvalue weighted by atomic mass is 10.0. The van der Waals surface area contributed by atoms with Gasteiger partial charge in [-0.15, -0.1) is 5.73 Å². The summed E-state index contributed by atoms with van der Waals surface area (Å²) >= 11 is 0. The SMILES string of the molecule is C=C=C(CCCC)C(C=C)OC(C)=O. The Balaban J connectivity index is 4.38. The largest absolute Gasteiger partial charge is 0.453 e. The predicted molar refractivity (Wildman–Crippen MR) is 57.9 cm³/mol. The highest BCUT2D eigenvalue weighted by atomic mass is 16.5. The highest BCUT2D eigenvalue weighted by Gasteiger charge is 2.12. The molecule has 0 aromatic rings. The Morgan fingerprint density at radius 1 is 1.64 bits per heavy atom. The summed E-state index contributed by atoms with van der Waals surface area (Å²) in [6.45, 7) is 10.7. The lowest BCUT2D eigenvalue weighted by Gasteiger charge is -2.14. The highest BCUT2D eigenvalue weighted by molar-refractivity contribution is 5.66. The van der Waals surface area contributed by atoms with Crippen LogP contribution in [0.1, 0.15) is 33.1 Å². The Morgan fingerprint density at radius 2 is 2.29 bits per heavy atom. The van der Waals surface area contributed by atoms with Crippen LogP contribution in [0.5, 0.6) is 0 Å². The van der Waals surface area contributed by atoms with E-state index in [9.17, 15) is 4.79 Å². The van der Waals surface area contributed by atoms with Crippen LogP contribution in [0.4, 0.5) is 0 Å². The molecule has 0 aromatic carbocycles. The van der Waals surface area contributed by atoms with Crippen molar-refractivity contribution in [2.45, 2.75) is 39.2 Å². The Bertz CT molecular complexity index is 247. The fourth-order valence-electron chi connectivity index (χ4n) is 1.14. The van der Waals surface area contributed by atoms with E-state index in [1.54, 1.807) is 6.08 Å². The molecule has 78 valence electrons. The van der Waals surface area contributed by atoms with Crippen molar-refractivity contribution in [2.24, 2.45) is 0 Å². The molecule has 0 N–H and O–H groups in total. The van der Waals surface area contributed by atoms with E-state index in [1.807, 2.05) is 0 Å². The lowest BCUT2D eigenvalue weighted by molar-refractivity contribution is -0.142. The first-order valence-corrected chi connectivity index (χ1v) is 4.84. The molecule has 0 heterocycles. The van der Waals surface area contributed by atoms with E-state index >= 15 is 0 Å². The molecule has 0 aliphatic rings. The standard InChI is InChI=1S/C12H18O2/c1-5-8-9-11(6-2)12(7-3)14-10(4)13/h7,12H,2-3,5,8-9H2,1,4H3. The van der Waals surface area contributed by atoms with Crippen LogP contribution in [0.15, 0.2) is 30.5 Å². The second-order valence-electron chi connectivity index (χ2n) is 3.07. The number of hydrogen-bond donors (Lipinski definition) is 0. The Morgan fingerprint density at radius 3 is 2.64 bits per heavy atom. The minimum atomic E-state index is -0.364. The van der Waals surface area contributed by atoms with Gasteiger partial charge >= 0.3 is 5.97 Å². The van der Waals surface area contributed by atoms with E-state index in [-0.39, 0.29) is 12.1 Å². The van der Waals surface area contributed by atoms with Crippen molar-refractivity contribution in [1.82, 2.24) is 0 Å². The molecule has 0 saturated heterocycles. The molecule has 0 aliphatic carbocycles.